The van der Waals surface area contributed by atoms with E-state index in [4.69, 9.17) is 4.74 Å². The van der Waals surface area contributed by atoms with Gasteiger partial charge in [-0.25, -0.2) is 4.99 Å². The smallest absolute Gasteiger partial charge is 0.191 e. The molecule has 0 aliphatic heterocycles. The quantitative estimate of drug-likeness (QED) is 0.465. The van der Waals surface area contributed by atoms with Crippen LogP contribution >= 0.6 is 11.3 Å². The zero-order valence-electron chi connectivity index (χ0n) is 15.8. The zero-order chi connectivity index (χ0) is 18.8. The van der Waals surface area contributed by atoms with Crippen LogP contribution in [0, 0.1) is 0 Å². The molecule has 0 saturated heterocycles. The fourth-order valence-corrected chi connectivity index (χ4v) is 3.30. The van der Waals surface area contributed by atoms with E-state index >= 15 is 0 Å². The van der Waals surface area contributed by atoms with E-state index in [0.717, 1.165) is 30.1 Å². The van der Waals surface area contributed by atoms with E-state index in [1.165, 1.54) is 5.56 Å². The summed E-state index contributed by atoms with van der Waals surface area (Å²) < 4.78 is 5.54. The van der Waals surface area contributed by atoms with Gasteiger partial charge in [-0.15, -0.1) is 11.3 Å². The van der Waals surface area contributed by atoms with Gasteiger partial charge in [0.1, 0.15) is 11.4 Å². The predicted molar refractivity (Wildman–Crippen MR) is 109 cm³/mol. The number of aliphatic hydroxyl groups is 1. The first kappa shape index (κ1) is 20.3. The van der Waals surface area contributed by atoms with Gasteiger partial charge in [0.25, 0.3) is 0 Å². The van der Waals surface area contributed by atoms with Crippen LogP contribution in [0.4, 0.5) is 0 Å². The fraction of sp³-hybridized carbons (Fsp3) is 0.450. The Kier molecular flexibility index (Phi) is 7.94. The number of hydrogen-bond acceptors (Lipinski definition) is 4. The Bertz CT molecular complexity index is 684. The Morgan fingerprint density at radius 1 is 1.23 bits per heavy atom. The van der Waals surface area contributed by atoms with E-state index in [1.807, 2.05) is 43.5 Å². The van der Waals surface area contributed by atoms with Crippen molar-refractivity contribution >= 4 is 17.3 Å². The van der Waals surface area contributed by atoms with Gasteiger partial charge in [-0.3, -0.25) is 0 Å². The minimum atomic E-state index is -0.956. The predicted octanol–water partition coefficient (Wildman–Crippen LogP) is 3.15. The van der Waals surface area contributed by atoms with Crippen molar-refractivity contribution in [2.75, 3.05) is 26.2 Å². The molecule has 5 nitrogen and oxygen atoms in total. The van der Waals surface area contributed by atoms with Crippen molar-refractivity contribution in [1.82, 2.24) is 10.6 Å². The van der Waals surface area contributed by atoms with Gasteiger partial charge in [0.2, 0.25) is 0 Å². The van der Waals surface area contributed by atoms with Crippen molar-refractivity contribution in [3.8, 4) is 5.75 Å². The first-order valence-corrected chi connectivity index (χ1v) is 9.93. The molecule has 1 aromatic heterocycles. The van der Waals surface area contributed by atoms with Crippen molar-refractivity contribution in [3.63, 3.8) is 0 Å². The number of ether oxygens (including phenoxy) is 1. The van der Waals surface area contributed by atoms with Gasteiger partial charge in [0, 0.05) is 18.0 Å². The third-order valence-electron chi connectivity index (χ3n) is 3.86. The molecule has 1 aromatic carbocycles. The molecule has 0 radical (unpaired) electrons. The average molecular weight is 376 g/mol. The van der Waals surface area contributed by atoms with Crippen LogP contribution in [0.15, 0.2) is 46.8 Å². The molecule has 0 spiro atoms. The van der Waals surface area contributed by atoms with Crippen LogP contribution in [0.1, 0.15) is 31.2 Å². The van der Waals surface area contributed by atoms with E-state index in [9.17, 15) is 5.11 Å². The lowest BCUT2D eigenvalue weighted by molar-refractivity contribution is 0.0711. The van der Waals surface area contributed by atoms with Gasteiger partial charge in [-0.05, 0) is 56.3 Å². The summed E-state index contributed by atoms with van der Waals surface area (Å²) in [6.45, 7) is 8.31. The van der Waals surface area contributed by atoms with Gasteiger partial charge < -0.3 is 20.5 Å². The van der Waals surface area contributed by atoms with Crippen molar-refractivity contribution in [3.05, 3.63) is 52.2 Å². The second-order valence-corrected chi connectivity index (χ2v) is 7.15. The number of nitrogens with one attached hydrogen (secondary N) is 2. The molecule has 1 atom stereocenters. The molecule has 0 saturated carbocycles. The third kappa shape index (κ3) is 6.35. The Hall–Kier alpha value is -2.05. The van der Waals surface area contributed by atoms with Gasteiger partial charge >= 0.3 is 0 Å². The molecule has 142 valence electrons. The summed E-state index contributed by atoms with van der Waals surface area (Å²) >= 11 is 1.54. The SMILES string of the molecule is CCNC(=NCC(C)(O)c1cccs1)NCCc1cccc(OCC)c1. The van der Waals surface area contributed by atoms with Crippen LogP contribution in [-0.2, 0) is 12.0 Å². The number of benzene rings is 1. The van der Waals surface area contributed by atoms with Crippen LogP contribution in [0.25, 0.3) is 0 Å². The average Bonchev–Trinajstić information content (AvgIpc) is 3.16. The van der Waals surface area contributed by atoms with Gasteiger partial charge in [0.05, 0.1) is 13.2 Å². The Morgan fingerprint density at radius 3 is 2.77 bits per heavy atom. The highest BCUT2D eigenvalue weighted by Gasteiger charge is 2.23. The highest BCUT2D eigenvalue weighted by molar-refractivity contribution is 7.10. The summed E-state index contributed by atoms with van der Waals surface area (Å²) in [4.78, 5) is 5.47. The molecular weight excluding hydrogens is 346 g/mol. The minimum Gasteiger partial charge on any atom is -0.494 e. The largest absolute Gasteiger partial charge is 0.494 e. The standard InChI is InChI=1S/C20H29N3O2S/c1-4-21-19(23-15-20(3,24)18-10-7-13-26-18)22-12-11-16-8-6-9-17(14-16)25-5-2/h6-10,13-14,24H,4-5,11-12,15H2,1-3H3,(H2,21,22,23). The third-order valence-corrected chi connectivity index (χ3v) is 4.98. The fourth-order valence-electron chi connectivity index (χ4n) is 2.52. The molecule has 0 fully saturated rings. The summed E-state index contributed by atoms with van der Waals surface area (Å²) in [6.07, 6.45) is 0.868. The molecule has 0 amide bonds. The highest BCUT2D eigenvalue weighted by atomic mass is 32.1. The van der Waals surface area contributed by atoms with Crippen molar-refractivity contribution in [2.45, 2.75) is 32.8 Å². The lowest BCUT2D eigenvalue weighted by atomic mass is 10.1. The second kappa shape index (κ2) is 10.2. The lowest BCUT2D eigenvalue weighted by Crippen LogP contribution is -2.39. The maximum Gasteiger partial charge on any atom is 0.191 e. The molecule has 1 heterocycles. The minimum absolute atomic E-state index is 0.308. The van der Waals surface area contributed by atoms with Gasteiger partial charge in [0.15, 0.2) is 5.96 Å². The maximum atomic E-state index is 10.6. The van der Waals surface area contributed by atoms with Crippen LogP contribution < -0.4 is 15.4 Å². The number of aliphatic imine (C=N–C) groups is 1. The van der Waals surface area contributed by atoms with Crippen LogP contribution in [0.3, 0.4) is 0 Å². The van der Waals surface area contributed by atoms with Crippen LogP contribution in [0.2, 0.25) is 0 Å². The van der Waals surface area contributed by atoms with E-state index in [0.29, 0.717) is 19.1 Å². The monoisotopic (exact) mass is 375 g/mol. The molecule has 2 rings (SSSR count). The van der Waals surface area contributed by atoms with E-state index in [-0.39, 0.29) is 0 Å². The topological polar surface area (TPSA) is 65.9 Å². The Balaban J connectivity index is 1.90. The van der Waals surface area contributed by atoms with E-state index in [1.54, 1.807) is 18.3 Å². The summed E-state index contributed by atoms with van der Waals surface area (Å²) in [6, 6.07) is 12.0. The molecule has 3 N–H and O–H groups in total. The first-order valence-electron chi connectivity index (χ1n) is 9.05. The number of rotatable bonds is 9. The maximum absolute atomic E-state index is 10.6. The molecular formula is C20H29N3O2S. The van der Waals surface area contributed by atoms with Crippen molar-refractivity contribution in [2.24, 2.45) is 4.99 Å². The van der Waals surface area contributed by atoms with Gasteiger partial charge in [-0.1, -0.05) is 18.2 Å². The lowest BCUT2D eigenvalue weighted by Gasteiger charge is -2.20. The zero-order valence-corrected chi connectivity index (χ0v) is 16.6. The Morgan fingerprint density at radius 2 is 2.08 bits per heavy atom. The summed E-state index contributed by atoms with van der Waals surface area (Å²) in [7, 11) is 0. The molecule has 0 aliphatic rings. The number of nitrogens with zero attached hydrogens (tertiary/aromatic N) is 1. The normalized spacial score (nSPS) is 13.9. The second-order valence-electron chi connectivity index (χ2n) is 6.20. The van der Waals surface area contributed by atoms with E-state index < -0.39 is 5.60 Å². The molecule has 0 bridgehead atoms. The number of guanidine groups is 1. The van der Waals surface area contributed by atoms with Crippen LogP contribution in [0.5, 0.6) is 5.75 Å². The first-order chi connectivity index (χ1) is 12.5. The van der Waals surface area contributed by atoms with Crippen LogP contribution in [-0.4, -0.2) is 37.3 Å². The molecule has 26 heavy (non-hydrogen) atoms. The molecule has 1 unspecified atom stereocenters. The number of hydrogen-bond donors (Lipinski definition) is 3. The highest BCUT2D eigenvalue weighted by Crippen LogP contribution is 2.25. The Labute approximate surface area is 160 Å². The van der Waals surface area contributed by atoms with Crippen molar-refractivity contribution in [1.29, 1.82) is 0 Å². The number of thiophene rings is 1. The van der Waals surface area contributed by atoms with Gasteiger partial charge in [-0.2, -0.15) is 0 Å². The molecule has 2 aromatic rings. The van der Waals surface area contributed by atoms with Crippen molar-refractivity contribution < 1.29 is 9.84 Å². The summed E-state index contributed by atoms with van der Waals surface area (Å²) in [5, 5.41) is 19.1. The molecule has 0 aliphatic carbocycles. The molecule has 6 heteroatoms. The van der Waals surface area contributed by atoms with E-state index in [2.05, 4.69) is 27.8 Å². The summed E-state index contributed by atoms with van der Waals surface area (Å²) in [5.74, 6) is 1.61. The summed E-state index contributed by atoms with van der Waals surface area (Å²) in [5.41, 5.74) is 0.257.